The summed E-state index contributed by atoms with van der Waals surface area (Å²) in [6, 6.07) is 5.94. The molecule has 0 radical (unpaired) electrons. The van der Waals surface area contributed by atoms with Crippen molar-refractivity contribution in [3.63, 3.8) is 0 Å². The van der Waals surface area contributed by atoms with E-state index in [2.05, 4.69) is 31.7 Å². The zero-order chi connectivity index (χ0) is 21.8. The third kappa shape index (κ3) is 3.59. The molecule has 1 amide bonds. The maximum absolute atomic E-state index is 12.7. The van der Waals surface area contributed by atoms with Crippen LogP contribution >= 0.6 is 0 Å². The molecule has 2 fully saturated rings. The largest absolute Gasteiger partial charge is 0.459 e. The number of hydrogen-bond donors (Lipinski definition) is 0. The third-order valence-electron chi connectivity index (χ3n) is 6.63. The Balaban J connectivity index is 1.48. The summed E-state index contributed by atoms with van der Waals surface area (Å²) in [5.74, 6) is 1.53. The zero-order valence-electron chi connectivity index (χ0n) is 18.4. The SMILES string of the molecule is C[C@@H]1CN(C(=O)c2ccco2)CCN1c1nc(C2CC2)c2c(c1C#N)CC(C)(C)OC2. The van der Waals surface area contributed by atoms with Gasteiger partial charge in [-0.1, -0.05) is 0 Å². The van der Waals surface area contributed by atoms with Crippen molar-refractivity contribution in [2.45, 2.75) is 64.2 Å². The maximum Gasteiger partial charge on any atom is 0.289 e. The van der Waals surface area contributed by atoms with E-state index >= 15 is 0 Å². The van der Waals surface area contributed by atoms with E-state index in [1.54, 1.807) is 12.1 Å². The molecule has 1 aliphatic carbocycles. The van der Waals surface area contributed by atoms with Gasteiger partial charge in [-0.2, -0.15) is 5.26 Å². The lowest BCUT2D eigenvalue weighted by atomic mass is 9.87. The van der Waals surface area contributed by atoms with Gasteiger partial charge in [-0.25, -0.2) is 4.98 Å². The summed E-state index contributed by atoms with van der Waals surface area (Å²) in [6.07, 6.45) is 4.53. The van der Waals surface area contributed by atoms with Crippen molar-refractivity contribution in [1.29, 1.82) is 5.26 Å². The first kappa shape index (κ1) is 20.1. The van der Waals surface area contributed by atoms with E-state index in [-0.39, 0.29) is 17.6 Å². The number of nitriles is 1. The number of piperazine rings is 1. The fourth-order valence-electron chi connectivity index (χ4n) is 4.81. The molecule has 0 bridgehead atoms. The van der Waals surface area contributed by atoms with Crippen LogP contribution in [0.2, 0.25) is 0 Å². The number of nitrogens with zero attached hydrogens (tertiary/aromatic N) is 4. The molecular formula is C24H28N4O3. The van der Waals surface area contributed by atoms with Crippen LogP contribution in [0, 0.1) is 11.3 Å². The topological polar surface area (TPSA) is 82.6 Å². The van der Waals surface area contributed by atoms with E-state index < -0.39 is 0 Å². The highest BCUT2D eigenvalue weighted by atomic mass is 16.5. The van der Waals surface area contributed by atoms with Crippen LogP contribution in [0.5, 0.6) is 0 Å². The standard InChI is InChI=1S/C24H28N4O3/c1-15-13-27(23(29)20-5-4-10-30-20)8-9-28(15)22-18(12-25)17-11-24(2,3)31-14-19(17)21(26-22)16-6-7-16/h4-5,10,15-16H,6-9,11,13-14H2,1-3H3/t15-/m1/s1. The van der Waals surface area contributed by atoms with Gasteiger partial charge in [-0.15, -0.1) is 0 Å². The van der Waals surface area contributed by atoms with E-state index in [1.807, 2.05) is 4.90 Å². The Kier molecular flexibility index (Phi) is 4.78. The Morgan fingerprint density at radius 2 is 2.10 bits per heavy atom. The third-order valence-corrected chi connectivity index (χ3v) is 6.63. The molecular weight excluding hydrogens is 392 g/mol. The van der Waals surface area contributed by atoms with Crippen LogP contribution in [0.1, 0.15) is 72.5 Å². The maximum atomic E-state index is 12.7. The van der Waals surface area contributed by atoms with Gasteiger partial charge in [0, 0.05) is 43.6 Å². The number of hydrogen-bond acceptors (Lipinski definition) is 6. The molecule has 2 aromatic heterocycles. The molecule has 2 aromatic rings. The lowest BCUT2D eigenvalue weighted by molar-refractivity contribution is -0.0407. The average molecular weight is 421 g/mol. The highest BCUT2D eigenvalue weighted by molar-refractivity contribution is 5.91. The first-order valence-electron chi connectivity index (χ1n) is 11.1. The molecule has 0 unspecified atom stereocenters. The second kappa shape index (κ2) is 7.38. The fourth-order valence-corrected chi connectivity index (χ4v) is 4.81. The zero-order valence-corrected chi connectivity index (χ0v) is 18.4. The Morgan fingerprint density at radius 3 is 2.74 bits per heavy atom. The van der Waals surface area contributed by atoms with E-state index in [9.17, 15) is 10.1 Å². The number of ether oxygens (including phenoxy) is 1. The monoisotopic (exact) mass is 420 g/mol. The van der Waals surface area contributed by atoms with Gasteiger partial charge in [0.05, 0.1) is 29.7 Å². The highest BCUT2D eigenvalue weighted by Crippen LogP contribution is 2.46. The second-order valence-electron chi connectivity index (χ2n) is 9.53. The molecule has 1 saturated heterocycles. The summed E-state index contributed by atoms with van der Waals surface area (Å²) < 4.78 is 11.4. The lowest BCUT2D eigenvalue weighted by Gasteiger charge is -2.42. The van der Waals surface area contributed by atoms with Gasteiger partial charge in [-0.05, 0) is 51.3 Å². The van der Waals surface area contributed by atoms with Crippen molar-refractivity contribution in [2.75, 3.05) is 24.5 Å². The van der Waals surface area contributed by atoms with Gasteiger partial charge < -0.3 is 19.0 Å². The van der Waals surface area contributed by atoms with Gasteiger partial charge in [0.2, 0.25) is 0 Å². The molecule has 2 aliphatic heterocycles. The molecule has 1 saturated carbocycles. The van der Waals surface area contributed by atoms with Crippen molar-refractivity contribution in [3.8, 4) is 6.07 Å². The van der Waals surface area contributed by atoms with Gasteiger partial charge in [0.15, 0.2) is 5.76 Å². The molecule has 7 nitrogen and oxygen atoms in total. The van der Waals surface area contributed by atoms with E-state index in [1.165, 1.54) is 6.26 Å². The highest BCUT2D eigenvalue weighted by Gasteiger charge is 2.38. The number of carbonyl (C=O) groups is 1. The van der Waals surface area contributed by atoms with Crippen molar-refractivity contribution in [3.05, 3.63) is 46.5 Å². The number of carbonyl (C=O) groups excluding carboxylic acids is 1. The quantitative estimate of drug-likeness (QED) is 0.754. The summed E-state index contributed by atoms with van der Waals surface area (Å²) >= 11 is 0. The second-order valence-corrected chi connectivity index (χ2v) is 9.53. The molecule has 3 aliphatic rings. The molecule has 0 N–H and O–H groups in total. The first-order chi connectivity index (χ1) is 14.9. The normalized spacial score (nSPS) is 22.7. The van der Waals surface area contributed by atoms with Crippen LogP contribution in [0.25, 0.3) is 0 Å². The van der Waals surface area contributed by atoms with Crippen molar-refractivity contribution in [1.82, 2.24) is 9.88 Å². The summed E-state index contributed by atoms with van der Waals surface area (Å²) in [5.41, 5.74) is 3.72. The van der Waals surface area contributed by atoms with Gasteiger partial charge in [0.25, 0.3) is 5.91 Å². The predicted molar refractivity (Wildman–Crippen MR) is 115 cm³/mol. The first-order valence-corrected chi connectivity index (χ1v) is 11.1. The number of amides is 1. The van der Waals surface area contributed by atoms with Crippen LogP contribution in [0.3, 0.4) is 0 Å². The van der Waals surface area contributed by atoms with Crippen molar-refractivity contribution < 1.29 is 13.9 Å². The molecule has 162 valence electrons. The van der Waals surface area contributed by atoms with Crippen LogP contribution in [0.4, 0.5) is 5.82 Å². The molecule has 0 spiro atoms. The van der Waals surface area contributed by atoms with Crippen molar-refractivity contribution >= 4 is 11.7 Å². The van der Waals surface area contributed by atoms with E-state index in [4.69, 9.17) is 14.1 Å². The molecule has 7 heteroatoms. The van der Waals surface area contributed by atoms with Gasteiger partial charge >= 0.3 is 0 Å². The van der Waals surface area contributed by atoms with Crippen LogP contribution < -0.4 is 4.90 Å². The van der Waals surface area contributed by atoms with Crippen molar-refractivity contribution in [2.24, 2.45) is 0 Å². The molecule has 5 rings (SSSR count). The number of anilines is 1. The molecule has 1 atom stereocenters. The molecule has 0 aromatic carbocycles. The average Bonchev–Trinajstić information content (AvgIpc) is 3.44. The molecule has 31 heavy (non-hydrogen) atoms. The minimum Gasteiger partial charge on any atom is -0.459 e. The van der Waals surface area contributed by atoms with Crippen LogP contribution in [-0.4, -0.2) is 47.1 Å². The number of rotatable bonds is 3. The summed E-state index contributed by atoms with van der Waals surface area (Å²) in [5, 5.41) is 10.1. The minimum absolute atomic E-state index is 0.0465. The predicted octanol–water partition coefficient (Wildman–Crippen LogP) is 3.63. The Bertz CT molecular complexity index is 1050. The van der Waals surface area contributed by atoms with E-state index in [0.717, 1.165) is 35.5 Å². The summed E-state index contributed by atoms with van der Waals surface area (Å²) in [6.45, 7) is 8.55. The molecule has 4 heterocycles. The van der Waals surface area contributed by atoms with Crippen LogP contribution in [0.15, 0.2) is 22.8 Å². The van der Waals surface area contributed by atoms with Crippen LogP contribution in [-0.2, 0) is 17.8 Å². The number of furan rings is 1. The fraction of sp³-hybridized carbons (Fsp3) is 0.542. The number of pyridine rings is 1. The Hall–Kier alpha value is -2.85. The number of aromatic nitrogens is 1. The Morgan fingerprint density at radius 1 is 1.29 bits per heavy atom. The van der Waals surface area contributed by atoms with E-state index in [0.29, 0.717) is 49.9 Å². The minimum atomic E-state index is -0.294. The smallest absolute Gasteiger partial charge is 0.289 e. The lowest BCUT2D eigenvalue weighted by Crippen LogP contribution is -2.54. The van der Waals surface area contributed by atoms with Gasteiger partial charge in [-0.3, -0.25) is 4.79 Å². The summed E-state index contributed by atoms with van der Waals surface area (Å²) in [7, 11) is 0. The number of fused-ring (bicyclic) bond motifs is 1. The van der Waals surface area contributed by atoms with Gasteiger partial charge in [0.1, 0.15) is 11.9 Å². The Labute approximate surface area is 182 Å². The summed E-state index contributed by atoms with van der Waals surface area (Å²) in [4.78, 5) is 21.8.